The second-order valence-corrected chi connectivity index (χ2v) is 22.9. The number of para-hydroxylation sites is 1. The van der Waals surface area contributed by atoms with Gasteiger partial charge in [0.15, 0.2) is 33.5 Å². The summed E-state index contributed by atoms with van der Waals surface area (Å²) in [7, 11) is 2.12. The highest BCUT2D eigenvalue weighted by Crippen LogP contribution is 2.39. The van der Waals surface area contributed by atoms with Gasteiger partial charge in [-0.3, -0.25) is 4.40 Å². The van der Waals surface area contributed by atoms with Gasteiger partial charge in [-0.05, 0) is 84.9 Å². The van der Waals surface area contributed by atoms with E-state index in [-0.39, 0.29) is 0 Å². The topological polar surface area (TPSA) is 100 Å². The SMILES string of the molecule is C[n+]1c2n(c3cc4ccccn4c31)Cc1cccnc1-2.[2H]C([2H])([2H])[n+]1c2n(c3cc4ccccn4c31)Cc1cccnc1-2.[2H]C([2H])([2H])n1c2[n+](c3sc4ccccc4c31)Cc1cccnc1-2.c1ccc(-n2c3[n+](c4cc5ccccn5c42)Cc2cccnc2-3)cc1. The Morgan fingerprint density at radius 2 is 1.00 bits per heavy atom. The third-order valence-electron chi connectivity index (χ3n) is 17.3. The number of rotatable bonds is 1. The van der Waals surface area contributed by atoms with Crippen LogP contribution in [0.15, 0.2) is 219 Å². The van der Waals surface area contributed by atoms with Crippen molar-refractivity contribution >= 4 is 81.8 Å². The number of hydrogen-bond acceptors (Lipinski definition) is 5. The Kier molecular flexibility index (Phi) is 8.94. The van der Waals surface area contributed by atoms with Gasteiger partial charge in [0.2, 0.25) is 4.83 Å². The van der Waals surface area contributed by atoms with Gasteiger partial charge in [-0.2, -0.15) is 4.57 Å². The van der Waals surface area contributed by atoms with E-state index < -0.39 is 14.0 Å². The Hall–Kier alpha value is -10.8. The fourth-order valence-corrected chi connectivity index (χ4v) is 14.8. The molecule has 0 amide bonds. The molecule has 19 heterocycles. The maximum Gasteiger partial charge on any atom is 0.315 e. The van der Waals surface area contributed by atoms with E-state index in [0.717, 1.165) is 90.0 Å². The van der Waals surface area contributed by atoms with E-state index in [1.165, 1.54) is 59.4 Å². The van der Waals surface area contributed by atoms with Crippen LogP contribution >= 0.6 is 11.3 Å². The zero-order valence-corrected chi connectivity index (χ0v) is 46.5. The van der Waals surface area contributed by atoms with E-state index in [2.05, 4.69) is 157 Å². The summed E-state index contributed by atoms with van der Waals surface area (Å²) in [4.78, 5) is 19.1. The van der Waals surface area contributed by atoms with Crippen molar-refractivity contribution in [3.05, 3.63) is 242 Å². The number of nitrogens with zero attached hydrogens (tertiary/aromatic N) is 15. The van der Waals surface area contributed by atoms with Crippen LogP contribution in [0.3, 0.4) is 0 Å². The van der Waals surface area contributed by atoms with Crippen LogP contribution in [0.5, 0.6) is 0 Å². The van der Waals surface area contributed by atoms with Gasteiger partial charge >= 0.3 is 11.6 Å². The Labute approximate surface area is 498 Å². The maximum atomic E-state index is 8.06. The third kappa shape index (κ3) is 6.81. The number of pyridine rings is 7. The van der Waals surface area contributed by atoms with E-state index in [1.807, 2.05) is 112 Å². The first kappa shape index (κ1) is 42.0. The van der Waals surface area contributed by atoms with Crippen molar-refractivity contribution in [3.8, 4) is 51.8 Å². The molecule has 15 nitrogen and oxygen atoms in total. The molecule has 4 aliphatic heterocycles. The lowest BCUT2D eigenvalue weighted by atomic mass is 10.2. The van der Waals surface area contributed by atoms with Crippen LogP contribution in [0, 0.1) is 0 Å². The molecular weight excluding hydrogens is 1070 g/mol. The van der Waals surface area contributed by atoms with Gasteiger partial charge in [-0.15, -0.1) is 0 Å². The number of imidazole rings is 4. The predicted octanol–water partition coefficient (Wildman–Crippen LogP) is 11.0. The van der Waals surface area contributed by atoms with E-state index >= 15 is 0 Å². The van der Waals surface area contributed by atoms with Crippen molar-refractivity contribution in [3.63, 3.8) is 0 Å². The van der Waals surface area contributed by atoms with Crippen molar-refractivity contribution in [2.75, 3.05) is 0 Å². The molecule has 0 atom stereocenters. The van der Waals surface area contributed by atoms with Crippen LogP contribution in [-0.4, -0.2) is 51.4 Å². The van der Waals surface area contributed by atoms with E-state index in [1.54, 1.807) is 23.7 Å². The Morgan fingerprint density at radius 1 is 0.482 bits per heavy atom. The molecule has 0 N–H and O–H groups in total. The number of thiophene rings is 1. The summed E-state index contributed by atoms with van der Waals surface area (Å²) in [5.74, 6) is 3.70. The summed E-state index contributed by atoms with van der Waals surface area (Å²) in [6.07, 6.45) is 13.3. The van der Waals surface area contributed by atoms with Crippen LogP contribution < -0.4 is 18.3 Å². The molecule has 0 fully saturated rings. The van der Waals surface area contributed by atoms with Gasteiger partial charge in [-0.25, -0.2) is 60.7 Å². The lowest BCUT2D eigenvalue weighted by Crippen LogP contribution is -2.31. The van der Waals surface area contributed by atoms with Crippen LogP contribution in [0.25, 0.3) is 122 Å². The minimum atomic E-state index is -2.28. The summed E-state index contributed by atoms with van der Waals surface area (Å²) in [5, 5.41) is 0.989. The average Bonchev–Trinajstić information content (AvgIpc) is 1.60. The fraction of sp³-hybridized carbons (Fsp3) is 0.101. The van der Waals surface area contributed by atoms with E-state index in [0.29, 0.717) is 30.4 Å². The highest BCUT2D eigenvalue weighted by Gasteiger charge is 2.40. The van der Waals surface area contributed by atoms with Gasteiger partial charge in [0.1, 0.15) is 41.2 Å². The predicted molar refractivity (Wildman–Crippen MR) is 330 cm³/mol. The van der Waals surface area contributed by atoms with Crippen molar-refractivity contribution in [1.29, 1.82) is 0 Å². The second kappa shape index (κ2) is 18.1. The monoisotopic (exact) mass is 1130 g/mol. The molecule has 0 bridgehead atoms. The van der Waals surface area contributed by atoms with Crippen molar-refractivity contribution in [2.24, 2.45) is 21.0 Å². The molecule has 0 radical (unpaired) electrons. The summed E-state index contributed by atoms with van der Waals surface area (Å²) in [6, 6.07) is 59.7. The number of benzene rings is 2. The minimum Gasteiger partial charge on any atom is -0.280 e. The van der Waals surface area contributed by atoms with E-state index in [9.17, 15) is 0 Å². The minimum absolute atomic E-state index is 0.648. The van der Waals surface area contributed by atoms with Gasteiger partial charge in [0.25, 0.3) is 28.6 Å². The lowest BCUT2D eigenvalue weighted by Gasteiger charge is -2.02. The van der Waals surface area contributed by atoms with Crippen LogP contribution in [0.4, 0.5) is 0 Å². The molecule has 0 saturated carbocycles. The van der Waals surface area contributed by atoms with Gasteiger partial charge in [0.05, 0.1) is 60.2 Å². The standard InChI is InChI=1S/C21H15N4.2C16H13N4.C16H12N3S/c1-2-8-16(9-3-1)25-20-18(13-17-10-4-5-12-23(17)20)24-14-15-7-6-11-22-19(15)21(24)25;2*1-18-15-13(9-12-6-2-3-8-19(12)15)20-10-11-5-4-7-17-14(11)16(18)20;1-18-14-11-6-2-3-7-12(11)20-16(14)19-9-10-5-4-8-17-13(10)15(18)19/h1-13H,14H2;2*2-9H,10H2,1H3;2-8H,9H2,1H3/q4*+1/i;1D3;;1D3. The van der Waals surface area contributed by atoms with E-state index in [4.69, 9.17) is 13.2 Å². The average molecular weight is 1130 g/mol. The largest absolute Gasteiger partial charge is 0.315 e. The molecule has 406 valence electrons. The molecule has 0 saturated heterocycles. The number of aryl methyl sites for hydroxylation is 3. The molecule has 0 unspecified atom stereocenters. The molecule has 15 aromatic heterocycles. The molecule has 0 spiro atoms. The Morgan fingerprint density at radius 3 is 1.62 bits per heavy atom. The molecule has 16 heteroatoms. The fourth-order valence-electron chi connectivity index (χ4n) is 13.7. The first-order valence-corrected chi connectivity index (χ1v) is 29.1. The maximum absolute atomic E-state index is 8.06. The van der Waals surface area contributed by atoms with Crippen molar-refractivity contribution in [2.45, 2.75) is 26.2 Å². The first-order chi connectivity index (χ1) is 44.4. The van der Waals surface area contributed by atoms with Gasteiger partial charge in [-0.1, -0.05) is 84.1 Å². The molecule has 21 rings (SSSR count). The normalized spacial score (nSPS) is 14.3. The Bertz CT molecular complexity index is 5700. The number of fused-ring (bicyclic) bond motifs is 28. The molecule has 17 aromatic rings. The zero-order valence-electron chi connectivity index (χ0n) is 51.7. The molecule has 2 aromatic carbocycles. The lowest BCUT2D eigenvalue weighted by molar-refractivity contribution is -0.645. The summed E-state index contributed by atoms with van der Waals surface area (Å²) in [6.45, 7) is -1.43. The van der Waals surface area contributed by atoms with Crippen molar-refractivity contribution < 1.29 is 26.5 Å². The second-order valence-electron chi connectivity index (χ2n) is 21.9. The first-order valence-electron chi connectivity index (χ1n) is 31.2. The molecule has 0 aliphatic carbocycles. The summed E-state index contributed by atoms with van der Waals surface area (Å²) < 4.78 is 72.2. The summed E-state index contributed by atoms with van der Waals surface area (Å²) in [5.41, 5.74) is 20.3. The highest BCUT2D eigenvalue weighted by atomic mass is 32.1. The Balaban J connectivity index is 0.0000000902. The molecular formula is C69H53N15S+4. The van der Waals surface area contributed by atoms with Crippen LogP contribution in [-0.2, 0) is 47.2 Å². The van der Waals surface area contributed by atoms with Gasteiger partial charge < -0.3 is 0 Å². The highest BCUT2D eigenvalue weighted by molar-refractivity contribution is 7.25. The van der Waals surface area contributed by atoms with Crippen LogP contribution in [0.2, 0.25) is 0 Å². The van der Waals surface area contributed by atoms with Crippen LogP contribution in [0.1, 0.15) is 30.5 Å². The molecule has 85 heavy (non-hydrogen) atoms. The smallest absolute Gasteiger partial charge is 0.280 e. The quantitative estimate of drug-likeness (QED) is 0.153. The number of hydrogen-bond donors (Lipinski definition) is 0. The summed E-state index contributed by atoms with van der Waals surface area (Å²) >= 11 is 1.64. The van der Waals surface area contributed by atoms with Crippen molar-refractivity contribution in [1.82, 2.24) is 51.4 Å². The zero-order chi connectivity index (χ0) is 61.2. The third-order valence-corrected chi connectivity index (χ3v) is 18.4. The number of aromatic nitrogens is 15. The molecule has 4 aliphatic rings. The van der Waals surface area contributed by atoms with Gasteiger partial charge in [0, 0.05) is 81.5 Å².